The first-order valence-electron chi connectivity index (χ1n) is 8.16. The van der Waals surface area contributed by atoms with E-state index < -0.39 is 12.7 Å². The summed E-state index contributed by atoms with van der Waals surface area (Å²) in [6.45, 7) is 7.47. The van der Waals surface area contributed by atoms with E-state index in [0.717, 1.165) is 45.1 Å². The van der Waals surface area contributed by atoms with Crippen molar-refractivity contribution in [2.75, 3.05) is 52.4 Å². The van der Waals surface area contributed by atoms with E-state index in [9.17, 15) is 13.2 Å². The highest BCUT2D eigenvalue weighted by molar-refractivity contribution is 4.77. The van der Waals surface area contributed by atoms with Crippen LogP contribution < -0.4 is 5.32 Å². The van der Waals surface area contributed by atoms with Crippen LogP contribution in [0, 0.1) is 11.8 Å². The van der Waals surface area contributed by atoms with Crippen molar-refractivity contribution in [3.05, 3.63) is 0 Å². The van der Waals surface area contributed by atoms with Crippen molar-refractivity contribution in [1.29, 1.82) is 0 Å². The van der Waals surface area contributed by atoms with Gasteiger partial charge in [-0.15, -0.1) is 0 Å². The van der Waals surface area contributed by atoms with Crippen molar-refractivity contribution < 1.29 is 13.2 Å². The molecule has 2 rings (SSSR count). The van der Waals surface area contributed by atoms with Gasteiger partial charge >= 0.3 is 6.18 Å². The quantitative estimate of drug-likeness (QED) is 0.840. The van der Waals surface area contributed by atoms with Crippen LogP contribution in [0.4, 0.5) is 13.2 Å². The van der Waals surface area contributed by atoms with Gasteiger partial charge in [-0.2, -0.15) is 13.2 Å². The van der Waals surface area contributed by atoms with Crippen molar-refractivity contribution in [2.24, 2.45) is 11.8 Å². The van der Waals surface area contributed by atoms with Crippen molar-refractivity contribution in [3.8, 4) is 0 Å². The number of hydrogen-bond donors (Lipinski definition) is 1. The van der Waals surface area contributed by atoms with Crippen molar-refractivity contribution in [2.45, 2.75) is 32.4 Å². The molecule has 124 valence electrons. The molecule has 21 heavy (non-hydrogen) atoms. The van der Waals surface area contributed by atoms with Gasteiger partial charge in [0.05, 0.1) is 6.54 Å². The summed E-state index contributed by atoms with van der Waals surface area (Å²) in [6, 6.07) is 0. The van der Waals surface area contributed by atoms with Crippen LogP contribution >= 0.6 is 0 Å². The lowest BCUT2D eigenvalue weighted by molar-refractivity contribution is -0.149. The van der Waals surface area contributed by atoms with E-state index in [0.29, 0.717) is 19.0 Å². The van der Waals surface area contributed by atoms with Crippen molar-refractivity contribution in [3.63, 3.8) is 0 Å². The first-order valence-corrected chi connectivity index (χ1v) is 8.16. The SMILES string of the molecule is CC(CCN1CCN(CC(F)(F)F)CC1)C1CCCNC1. The maximum atomic E-state index is 12.3. The molecule has 2 saturated heterocycles. The van der Waals surface area contributed by atoms with Crippen LogP contribution in [0.15, 0.2) is 0 Å². The van der Waals surface area contributed by atoms with Crippen LogP contribution in [0.2, 0.25) is 0 Å². The molecule has 2 atom stereocenters. The lowest BCUT2D eigenvalue weighted by Crippen LogP contribution is -2.49. The molecule has 0 saturated carbocycles. The van der Waals surface area contributed by atoms with Gasteiger partial charge in [0, 0.05) is 26.2 Å². The monoisotopic (exact) mass is 307 g/mol. The minimum Gasteiger partial charge on any atom is -0.316 e. The highest BCUT2D eigenvalue weighted by Crippen LogP contribution is 2.23. The van der Waals surface area contributed by atoms with Gasteiger partial charge < -0.3 is 10.2 Å². The molecule has 2 unspecified atom stereocenters. The molecule has 2 aliphatic rings. The second-order valence-corrected chi connectivity index (χ2v) is 6.61. The van der Waals surface area contributed by atoms with Crippen LogP contribution in [0.3, 0.4) is 0 Å². The van der Waals surface area contributed by atoms with E-state index >= 15 is 0 Å². The van der Waals surface area contributed by atoms with E-state index in [2.05, 4.69) is 17.1 Å². The largest absolute Gasteiger partial charge is 0.401 e. The number of piperazine rings is 1. The number of halogens is 3. The summed E-state index contributed by atoms with van der Waals surface area (Å²) in [6.07, 6.45) is -0.324. The highest BCUT2D eigenvalue weighted by Gasteiger charge is 2.32. The first kappa shape index (κ1) is 17.0. The molecule has 2 heterocycles. The summed E-state index contributed by atoms with van der Waals surface area (Å²) in [5.74, 6) is 1.47. The predicted octanol–water partition coefficient (Wildman–Crippen LogP) is 2.19. The van der Waals surface area contributed by atoms with Gasteiger partial charge in [-0.25, -0.2) is 0 Å². The molecular weight excluding hydrogens is 279 g/mol. The van der Waals surface area contributed by atoms with Crippen LogP contribution in [-0.4, -0.2) is 68.3 Å². The zero-order chi connectivity index (χ0) is 15.3. The van der Waals surface area contributed by atoms with E-state index in [1.807, 2.05) is 0 Å². The van der Waals surface area contributed by atoms with E-state index in [1.165, 1.54) is 17.7 Å². The molecule has 0 bridgehead atoms. The predicted molar refractivity (Wildman–Crippen MR) is 78.3 cm³/mol. The minimum absolute atomic E-state index is 0.541. The molecule has 0 aromatic rings. The van der Waals surface area contributed by atoms with Crippen molar-refractivity contribution >= 4 is 0 Å². The third-order valence-corrected chi connectivity index (χ3v) is 4.91. The van der Waals surface area contributed by atoms with Crippen molar-refractivity contribution in [1.82, 2.24) is 15.1 Å². The van der Waals surface area contributed by atoms with Crippen LogP contribution in [0.1, 0.15) is 26.2 Å². The molecule has 1 N–H and O–H groups in total. The molecule has 0 aromatic carbocycles. The summed E-state index contributed by atoms with van der Waals surface area (Å²) >= 11 is 0. The first-order chi connectivity index (χ1) is 9.94. The second-order valence-electron chi connectivity index (χ2n) is 6.61. The summed E-state index contributed by atoms with van der Waals surface area (Å²) in [5, 5.41) is 3.45. The van der Waals surface area contributed by atoms with Crippen LogP contribution in [-0.2, 0) is 0 Å². The van der Waals surface area contributed by atoms with Gasteiger partial charge in [0.15, 0.2) is 0 Å². The zero-order valence-electron chi connectivity index (χ0n) is 13.0. The molecule has 0 aliphatic carbocycles. The third kappa shape index (κ3) is 6.12. The van der Waals surface area contributed by atoms with Gasteiger partial charge in [0.1, 0.15) is 0 Å². The fourth-order valence-corrected chi connectivity index (χ4v) is 3.41. The van der Waals surface area contributed by atoms with E-state index in [1.54, 1.807) is 0 Å². The minimum atomic E-state index is -4.06. The smallest absolute Gasteiger partial charge is 0.316 e. The Hall–Kier alpha value is -0.330. The molecule has 0 amide bonds. The second kappa shape index (κ2) is 7.79. The van der Waals surface area contributed by atoms with Gasteiger partial charge in [-0.3, -0.25) is 4.90 Å². The van der Waals surface area contributed by atoms with Crippen LogP contribution in [0.5, 0.6) is 0 Å². The lowest BCUT2D eigenvalue weighted by atomic mass is 9.85. The number of nitrogens with one attached hydrogen (secondary N) is 1. The number of alkyl halides is 3. The Balaban J connectivity index is 1.62. The molecule has 3 nitrogen and oxygen atoms in total. The number of hydrogen-bond acceptors (Lipinski definition) is 3. The Morgan fingerprint density at radius 2 is 1.81 bits per heavy atom. The Morgan fingerprint density at radius 3 is 2.38 bits per heavy atom. The Kier molecular flexibility index (Phi) is 6.32. The average molecular weight is 307 g/mol. The fourth-order valence-electron chi connectivity index (χ4n) is 3.41. The number of nitrogens with zero attached hydrogens (tertiary/aromatic N) is 2. The Morgan fingerprint density at radius 1 is 1.14 bits per heavy atom. The summed E-state index contributed by atoms with van der Waals surface area (Å²) in [5.41, 5.74) is 0. The summed E-state index contributed by atoms with van der Waals surface area (Å²) < 4.78 is 37.0. The normalized spacial score (nSPS) is 27.7. The fraction of sp³-hybridized carbons (Fsp3) is 1.00. The molecular formula is C15H28F3N3. The standard InChI is InChI=1S/C15H28F3N3/c1-13(14-3-2-5-19-11-14)4-6-20-7-9-21(10-8-20)12-15(16,17)18/h13-14,19H,2-12H2,1H3. The van der Waals surface area contributed by atoms with Gasteiger partial charge in [-0.05, 0) is 50.7 Å². The number of rotatable bonds is 5. The summed E-state index contributed by atoms with van der Waals surface area (Å²) in [7, 11) is 0. The van der Waals surface area contributed by atoms with Crippen LogP contribution in [0.25, 0.3) is 0 Å². The van der Waals surface area contributed by atoms with E-state index in [4.69, 9.17) is 0 Å². The summed E-state index contributed by atoms with van der Waals surface area (Å²) in [4.78, 5) is 3.84. The highest BCUT2D eigenvalue weighted by atomic mass is 19.4. The van der Waals surface area contributed by atoms with Gasteiger partial charge in [-0.1, -0.05) is 6.92 Å². The Bertz CT molecular complexity index is 295. The third-order valence-electron chi connectivity index (χ3n) is 4.91. The number of piperidine rings is 1. The molecule has 6 heteroatoms. The topological polar surface area (TPSA) is 18.5 Å². The molecule has 2 aliphatic heterocycles. The van der Waals surface area contributed by atoms with E-state index in [-0.39, 0.29) is 0 Å². The van der Waals surface area contributed by atoms with Gasteiger partial charge in [0.2, 0.25) is 0 Å². The maximum Gasteiger partial charge on any atom is 0.401 e. The van der Waals surface area contributed by atoms with Gasteiger partial charge in [0.25, 0.3) is 0 Å². The molecule has 0 spiro atoms. The Labute approximate surface area is 125 Å². The lowest BCUT2D eigenvalue weighted by Gasteiger charge is -2.36. The maximum absolute atomic E-state index is 12.3. The molecule has 2 fully saturated rings. The molecule has 0 radical (unpaired) electrons. The molecule has 0 aromatic heterocycles. The average Bonchev–Trinajstić information content (AvgIpc) is 2.45. The zero-order valence-corrected chi connectivity index (χ0v) is 13.0.